The van der Waals surface area contributed by atoms with Crippen molar-refractivity contribution in [3.8, 4) is 0 Å². The lowest BCUT2D eigenvalue weighted by molar-refractivity contribution is 0.393. The molecule has 0 atom stereocenters. The standard InChI is InChI=1S/C15H25N3/c1-3-13-6-9-18(10-7-13)15-11-14(5-8-17-15)12-16-4-2/h5,8,11,13,16H,3-4,6-7,9-10,12H2,1-2H3. The lowest BCUT2D eigenvalue weighted by Gasteiger charge is -2.32. The van der Waals surface area contributed by atoms with Gasteiger partial charge in [0.25, 0.3) is 0 Å². The molecule has 1 N–H and O–H groups in total. The van der Waals surface area contributed by atoms with Crippen LogP contribution in [0.5, 0.6) is 0 Å². The summed E-state index contributed by atoms with van der Waals surface area (Å²) >= 11 is 0. The van der Waals surface area contributed by atoms with Gasteiger partial charge in [0.05, 0.1) is 0 Å². The zero-order chi connectivity index (χ0) is 12.8. The van der Waals surface area contributed by atoms with Crippen LogP contribution in [0.1, 0.15) is 38.7 Å². The van der Waals surface area contributed by atoms with Crippen LogP contribution in [0.15, 0.2) is 18.3 Å². The Morgan fingerprint density at radius 3 is 2.78 bits per heavy atom. The van der Waals surface area contributed by atoms with Gasteiger partial charge in [-0.05, 0) is 43.0 Å². The third-order valence-electron chi connectivity index (χ3n) is 3.90. The van der Waals surface area contributed by atoms with E-state index in [0.29, 0.717) is 0 Å². The summed E-state index contributed by atoms with van der Waals surface area (Å²) in [6.45, 7) is 8.72. The minimum atomic E-state index is 0.922. The summed E-state index contributed by atoms with van der Waals surface area (Å²) in [7, 11) is 0. The molecule has 3 heteroatoms. The second kappa shape index (κ2) is 6.74. The molecular formula is C15H25N3. The molecule has 1 aromatic rings. The second-order valence-corrected chi connectivity index (χ2v) is 5.14. The molecular weight excluding hydrogens is 222 g/mol. The third-order valence-corrected chi connectivity index (χ3v) is 3.90. The van der Waals surface area contributed by atoms with E-state index in [0.717, 1.165) is 37.9 Å². The van der Waals surface area contributed by atoms with Crippen molar-refractivity contribution in [2.75, 3.05) is 24.5 Å². The Hall–Kier alpha value is -1.09. The highest BCUT2D eigenvalue weighted by molar-refractivity contribution is 5.41. The Bertz CT molecular complexity index is 357. The van der Waals surface area contributed by atoms with Crippen LogP contribution in [0, 0.1) is 5.92 Å². The van der Waals surface area contributed by atoms with Gasteiger partial charge in [0.2, 0.25) is 0 Å². The van der Waals surface area contributed by atoms with Gasteiger partial charge >= 0.3 is 0 Å². The number of piperidine rings is 1. The average molecular weight is 247 g/mol. The topological polar surface area (TPSA) is 28.2 Å². The average Bonchev–Trinajstić information content (AvgIpc) is 2.45. The number of hydrogen-bond acceptors (Lipinski definition) is 3. The van der Waals surface area contributed by atoms with Crippen LogP contribution in [0.4, 0.5) is 5.82 Å². The van der Waals surface area contributed by atoms with Gasteiger partial charge in [-0.15, -0.1) is 0 Å². The Morgan fingerprint density at radius 1 is 1.33 bits per heavy atom. The van der Waals surface area contributed by atoms with Crippen LogP contribution in [-0.2, 0) is 6.54 Å². The van der Waals surface area contributed by atoms with Gasteiger partial charge < -0.3 is 10.2 Å². The zero-order valence-corrected chi connectivity index (χ0v) is 11.7. The fourth-order valence-corrected chi connectivity index (χ4v) is 2.58. The summed E-state index contributed by atoms with van der Waals surface area (Å²) in [5, 5.41) is 3.36. The lowest BCUT2D eigenvalue weighted by atomic mass is 9.94. The number of nitrogens with zero attached hydrogens (tertiary/aromatic N) is 2. The molecule has 100 valence electrons. The maximum atomic E-state index is 4.52. The van der Waals surface area contributed by atoms with E-state index < -0.39 is 0 Å². The van der Waals surface area contributed by atoms with E-state index >= 15 is 0 Å². The highest BCUT2D eigenvalue weighted by Gasteiger charge is 2.18. The fraction of sp³-hybridized carbons (Fsp3) is 0.667. The smallest absolute Gasteiger partial charge is 0.128 e. The quantitative estimate of drug-likeness (QED) is 0.867. The normalized spacial score (nSPS) is 17.1. The molecule has 18 heavy (non-hydrogen) atoms. The van der Waals surface area contributed by atoms with Crippen molar-refractivity contribution in [1.82, 2.24) is 10.3 Å². The van der Waals surface area contributed by atoms with E-state index in [4.69, 9.17) is 0 Å². The van der Waals surface area contributed by atoms with Crippen LogP contribution >= 0.6 is 0 Å². The fourth-order valence-electron chi connectivity index (χ4n) is 2.58. The second-order valence-electron chi connectivity index (χ2n) is 5.14. The third kappa shape index (κ3) is 3.45. The van der Waals surface area contributed by atoms with Gasteiger partial charge in [0.15, 0.2) is 0 Å². The van der Waals surface area contributed by atoms with E-state index in [1.165, 1.54) is 24.8 Å². The van der Waals surface area contributed by atoms with Crippen molar-refractivity contribution in [2.24, 2.45) is 5.92 Å². The van der Waals surface area contributed by atoms with Crippen LogP contribution < -0.4 is 10.2 Å². The van der Waals surface area contributed by atoms with Crippen LogP contribution in [0.3, 0.4) is 0 Å². The molecule has 1 aliphatic rings. The van der Waals surface area contributed by atoms with Gasteiger partial charge in [0, 0.05) is 25.8 Å². The molecule has 3 nitrogen and oxygen atoms in total. The Kier molecular flexibility index (Phi) is 5.00. The molecule has 0 bridgehead atoms. The van der Waals surface area contributed by atoms with Gasteiger partial charge in [-0.25, -0.2) is 4.98 Å². The van der Waals surface area contributed by atoms with E-state index in [2.05, 4.69) is 41.2 Å². The summed E-state index contributed by atoms with van der Waals surface area (Å²) in [4.78, 5) is 6.95. The predicted octanol–water partition coefficient (Wildman–Crippen LogP) is 2.82. The van der Waals surface area contributed by atoms with Crippen LogP contribution in [0.25, 0.3) is 0 Å². The van der Waals surface area contributed by atoms with E-state index in [9.17, 15) is 0 Å². The molecule has 1 aliphatic heterocycles. The van der Waals surface area contributed by atoms with Gasteiger partial charge in [-0.3, -0.25) is 0 Å². The molecule has 2 rings (SSSR count). The summed E-state index contributed by atoms with van der Waals surface area (Å²) < 4.78 is 0. The molecule has 1 fully saturated rings. The predicted molar refractivity (Wildman–Crippen MR) is 76.8 cm³/mol. The first kappa shape index (κ1) is 13.3. The van der Waals surface area contributed by atoms with Gasteiger partial charge in [-0.1, -0.05) is 20.3 Å². The molecule has 0 aromatic carbocycles. The van der Waals surface area contributed by atoms with Crippen LogP contribution in [-0.4, -0.2) is 24.6 Å². The minimum Gasteiger partial charge on any atom is -0.357 e. The summed E-state index contributed by atoms with van der Waals surface area (Å²) in [5.41, 5.74) is 1.33. The SMILES string of the molecule is CCNCc1ccnc(N2CCC(CC)CC2)c1. The maximum absolute atomic E-state index is 4.52. The van der Waals surface area contributed by atoms with E-state index in [1.54, 1.807) is 0 Å². The van der Waals surface area contributed by atoms with Crippen molar-refractivity contribution < 1.29 is 0 Å². The monoisotopic (exact) mass is 247 g/mol. The molecule has 1 aromatic heterocycles. The summed E-state index contributed by atoms with van der Waals surface area (Å²) in [6, 6.07) is 4.33. The zero-order valence-electron chi connectivity index (χ0n) is 11.7. The van der Waals surface area contributed by atoms with E-state index in [-0.39, 0.29) is 0 Å². The molecule has 0 unspecified atom stereocenters. The number of pyridine rings is 1. The highest BCUT2D eigenvalue weighted by atomic mass is 15.2. The molecule has 2 heterocycles. The number of rotatable bonds is 5. The Morgan fingerprint density at radius 2 is 2.11 bits per heavy atom. The summed E-state index contributed by atoms with van der Waals surface area (Å²) in [6.07, 6.45) is 5.89. The number of nitrogens with one attached hydrogen (secondary N) is 1. The molecule has 1 saturated heterocycles. The number of anilines is 1. The largest absolute Gasteiger partial charge is 0.357 e. The van der Waals surface area contributed by atoms with Crippen molar-refractivity contribution in [1.29, 1.82) is 0 Å². The van der Waals surface area contributed by atoms with Gasteiger partial charge in [-0.2, -0.15) is 0 Å². The van der Waals surface area contributed by atoms with Crippen molar-refractivity contribution >= 4 is 5.82 Å². The molecule has 0 radical (unpaired) electrons. The lowest BCUT2D eigenvalue weighted by Crippen LogP contribution is -2.34. The maximum Gasteiger partial charge on any atom is 0.128 e. The Balaban J connectivity index is 1.96. The number of aromatic nitrogens is 1. The first-order valence-corrected chi connectivity index (χ1v) is 7.24. The first-order chi connectivity index (χ1) is 8.83. The Labute approximate surface area is 111 Å². The highest BCUT2D eigenvalue weighted by Crippen LogP contribution is 2.24. The van der Waals surface area contributed by atoms with Crippen molar-refractivity contribution in [3.05, 3.63) is 23.9 Å². The minimum absolute atomic E-state index is 0.922. The first-order valence-electron chi connectivity index (χ1n) is 7.24. The van der Waals surface area contributed by atoms with Crippen LogP contribution in [0.2, 0.25) is 0 Å². The van der Waals surface area contributed by atoms with Gasteiger partial charge in [0.1, 0.15) is 5.82 Å². The number of hydrogen-bond donors (Lipinski definition) is 1. The van der Waals surface area contributed by atoms with Crippen molar-refractivity contribution in [2.45, 2.75) is 39.7 Å². The molecule has 0 amide bonds. The summed E-state index contributed by atoms with van der Waals surface area (Å²) in [5.74, 6) is 2.08. The van der Waals surface area contributed by atoms with Crippen molar-refractivity contribution in [3.63, 3.8) is 0 Å². The molecule has 0 spiro atoms. The van der Waals surface area contributed by atoms with E-state index in [1.807, 2.05) is 6.20 Å². The molecule has 0 aliphatic carbocycles. The molecule has 0 saturated carbocycles.